The van der Waals surface area contributed by atoms with Gasteiger partial charge in [0.1, 0.15) is 11.2 Å². The van der Waals surface area contributed by atoms with Crippen molar-refractivity contribution in [2.45, 2.75) is 57.5 Å². The average Bonchev–Trinajstić information content (AvgIpc) is 3.22. The fourth-order valence-corrected chi connectivity index (χ4v) is 3.56. The molecule has 0 bridgehead atoms. The molecule has 3 rings (SSSR count). The SMILES string of the molecule is CC[C@@](C)(C(=O)NC1CCCC1)N(C(=O)c1cnccn1)c1ccccc1. The first kappa shape index (κ1) is 19.0. The van der Waals surface area contributed by atoms with Crippen molar-refractivity contribution in [2.24, 2.45) is 0 Å². The van der Waals surface area contributed by atoms with Crippen molar-refractivity contribution < 1.29 is 9.59 Å². The van der Waals surface area contributed by atoms with E-state index in [9.17, 15) is 9.59 Å². The van der Waals surface area contributed by atoms with E-state index in [1.54, 1.807) is 4.90 Å². The molecule has 0 aliphatic heterocycles. The summed E-state index contributed by atoms with van der Waals surface area (Å²) in [7, 11) is 0. The molecule has 1 fully saturated rings. The van der Waals surface area contributed by atoms with E-state index in [0.29, 0.717) is 12.1 Å². The van der Waals surface area contributed by atoms with Gasteiger partial charge in [0, 0.05) is 24.1 Å². The van der Waals surface area contributed by atoms with E-state index in [2.05, 4.69) is 15.3 Å². The molecule has 0 unspecified atom stereocenters. The molecule has 0 spiro atoms. The molecule has 1 aliphatic rings. The van der Waals surface area contributed by atoms with Crippen LogP contribution < -0.4 is 10.2 Å². The lowest BCUT2D eigenvalue weighted by Gasteiger charge is -2.40. The maximum atomic E-state index is 13.3. The van der Waals surface area contributed by atoms with Gasteiger partial charge in [-0.25, -0.2) is 4.98 Å². The van der Waals surface area contributed by atoms with Gasteiger partial charge in [0.25, 0.3) is 5.91 Å². The number of amides is 2. The molecule has 1 aromatic heterocycles. The number of aromatic nitrogens is 2. The minimum atomic E-state index is -1.03. The Balaban J connectivity index is 1.99. The lowest BCUT2D eigenvalue weighted by atomic mass is 9.92. The van der Waals surface area contributed by atoms with Gasteiger partial charge < -0.3 is 5.32 Å². The predicted molar refractivity (Wildman–Crippen MR) is 104 cm³/mol. The molecule has 0 radical (unpaired) electrons. The number of nitrogens with zero attached hydrogens (tertiary/aromatic N) is 3. The summed E-state index contributed by atoms with van der Waals surface area (Å²) >= 11 is 0. The quantitative estimate of drug-likeness (QED) is 0.851. The number of para-hydroxylation sites is 1. The molecule has 6 heteroatoms. The molecule has 1 heterocycles. The zero-order valence-electron chi connectivity index (χ0n) is 15.9. The minimum absolute atomic E-state index is 0.127. The summed E-state index contributed by atoms with van der Waals surface area (Å²) in [6.45, 7) is 3.74. The minimum Gasteiger partial charge on any atom is -0.351 e. The Hall–Kier alpha value is -2.76. The summed E-state index contributed by atoms with van der Waals surface area (Å²) in [6.07, 6.45) is 9.18. The third-order valence-electron chi connectivity index (χ3n) is 5.36. The van der Waals surface area contributed by atoms with Gasteiger partial charge in [-0.15, -0.1) is 0 Å². The second-order valence-electron chi connectivity index (χ2n) is 7.15. The predicted octanol–water partition coefficient (Wildman–Crippen LogP) is 3.35. The molecule has 1 N–H and O–H groups in total. The van der Waals surface area contributed by atoms with Crippen molar-refractivity contribution in [2.75, 3.05) is 4.90 Å². The van der Waals surface area contributed by atoms with Gasteiger partial charge in [0.05, 0.1) is 6.20 Å². The highest BCUT2D eigenvalue weighted by atomic mass is 16.2. The number of anilines is 1. The number of nitrogens with one attached hydrogen (secondary N) is 1. The fraction of sp³-hybridized carbons (Fsp3) is 0.429. The lowest BCUT2D eigenvalue weighted by molar-refractivity contribution is -0.126. The van der Waals surface area contributed by atoms with Crippen molar-refractivity contribution in [1.29, 1.82) is 0 Å². The second kappa shape index (κ2) is 8.29. The lowest BCUT2D eigenvalue weighted by Crippen LogP contribution is -2.60. The normalized spacial score (nSPS) is 16.5. The fourth-order valence-electron chi connectivity index (χ4n) is 3.56. The number of carbonyl (C=O) groups excluding carboxylic acids is 2. The summed E-state index contributed by atoms with van der Waals surface area (Å²) in [5.74, 6) is -0.460. The molecular formula is C21H26N4O2. The van der Waals surface area contributed by atoms with Crippen LogP contribution in [0.4, 0.5) is 5.69 Å². The Bertz CT molecular complexity index is 775. The largest absolute Gasteiger partial charge is 0.351 e. The van der Waals surface area contributed by atoms with Crippen molar-refractivity contribution in [3.05, 3.63) is 54.6 Å². The van der Waals surface area contributed by atoms with Gasteiger partial charge in [0.15, 0.2) is 0 Å². The maximum Gasteiger partial charge on any atom is 0.279 e. The van der Waals surface area contributed by atoms with Crippen LogP contribution in [0.3, 0.4) is 0 Å². The van der Waals surface area contributed by atoms with E-state index < -0.39 is 5.54 Å². The third-order valence-corrected chi connectivity index (χ3v) is 5.36. The van der Waals surface area contributed by atoms with Gasteiger partial charge in [-0.3, -0.25) is 19.5 Å². The first-order chi connectivity index (χ1) is 13.1. The summed E-state index contributed by atoms with van der Waals surface area (Å²) in [5.41, 5.74) is -0.146. The van der Waals surface area contributed by atoms with Gasteiger partial charge in [-0.05, 0) is 38.3 Å². The van der Waals surface area contributed by atoms with Gasteiger partial charge >= 0.3 is 0 Å². The summed E-state index contributed by atoms with van der Waals surface area (Å²) in [6, 6.07) is 9.47. The highest BCUT2D eigenvalue weighted by Gasteiger charge is 2.43. The molecule has 2 aromatic rings. The van der Waals surface area contributed by atoms with E-state index >= 15 is 0 Å². The second-order valence-corrected chi connectivity index (χ2v) is 7.15. The van der Waals surface area contributed by atoms with Gasteiger partial charge in [-0.2, -0.15) is 0 Å². The molecule has 1 atom stereocenters. The Labute approximate surface area is 160 Å². The summed E-state index contributed by atoms with van der Waals surface area (Å²) in [4.78, 5) is 36.3. The molecule has 2 amide bonds. The molecule has 1 saturated carbocycles. The molecule has 0 saturated heterocycles. The van der Waals surface area contributed by atoms with Crippen molar-refractivity contribution in [1.82, 2.24) is 15.3 Å². The zero-order valence-corrected chi connectivity index (χ0v) is 15.9. The first-order valence-electron chi connectivity index (χ1n) is 9.53. The monoisotopic (exact) mass is 366 g/mol. The maximum absolute atomic E-state index is 13.3. The molecule has 27 heavy (non-hydrogen) atoms. The van der Waals surface area contributed by atoms with Crippen LogP contribution in [0, 0.1) is 0 Å². The molecular weight excluding hydrogens is 340 g/mol. The number of hydrogen-bond acceptors (Lipinski definition) is 4. The van der Waals surface area contributed by atoms with Crippen LogP contribution in [-0.4, -0.2) is 33.4 Å². The average molecular weight is 366 g/mol. The van der Waals surface area contributed by atoms with Crippen LogP contribution in [0.2, 0.25) is 0 Å². The number of carbonyl (C=O) groups is 2. The Kier molecular flexibility index (Phi) is 5.84. The highest BCUT2D eigenvalue weighted by Crippen LogP contribution is 2.30. The van der Waals surface area contributed by atoms with Crippen LogP contribution in [0.5, 0.6) is 0 Å². The summed E-state index contributed by atoms with van der Waals surface area (Å²) in [5, 5.41) is 3.16. The topological polar surface area (TPSA) is 75.2 Å². The van der Waals surface area contributed by atoms with Crippen LogP contribution in [-0.2, 0) is 4.79 Å². The zero-order chi connectivity index (χ0) is 19.3. The molecule has 1 aliphatic carbocycles. The Morgan fingerprint density at radius 2 is 1.89 bits per heavy atom. The van der Waals surface area contributed by atoms with Gasteiger partial charge in [-0.1, -0.05) is 38.0 Å². The van der Waals surface area contributed by atoms with E-state index in [0.717, 1.165) is 25.7 Å². The first-order valence-corrected chi connectivity index (χ1v) is 9.53. The Morgan fingerprint density at radius 1 is 1.19 bits per heavy atom. The van der Waals surface area contributed by atoms with E-state index in [4.69, 9.17) is 0 Å². The van der Waals surface area contributed by atoms with Gasteiger partial charge in [0.2, 0.25) is 5.91 Å². The Morgan fingerprint density at radius 3 is 2.48 bits per heavy atom. The standard InChI is InChI=1S/C21H26N4O2/c1-3-21(2,20(27)24-16-9-7-8-10-16)25(17-11-5-4-6-12-17)19(26)18-15-22-13-14-23-18/h4-6,11-16H,3,7-10H2,1-2H3,(H,24,27)/t21-/m0/s1. The smallest absolute Gasteiger partial charge is 0.279 e. The highest BCUT2D eigenvalue weighted by molar-refractivity contribution is 6.10. The molecule has 142 valence electrons. The van der Waals surface area contributed by atoms with Crippen LogP contribution in [0.1, 0.15) is 56.4 Å². The van der Waals surface area contributed by atoms with Crippen molar-refractivity contribution >= 4 is 17.5 Å². The molecule has 1 aromatic carbocycles. The van der Waals surface area contributed by atoms with E-state index in [1.807, 2.05) is 44.2 Å². The van der Waals surface area contributed by atoms with Crippen LogP contribution in [0.25, 0.3) is 0 Å². The number of hydrogen-bond donors (Lipinski definition) is 1. The van der Waals surface area contributed by atoms with E-state index in [-0.39, 0.29) is 23.6 Å². The number of benzene rings is 1. The van der Waals surface area contributed by atoms with E-state index in [1.165, 1.54) is 18.6 Å². The van der Waals surface area contributed by atoms with Crippen LogP contribution in [0.15, 0.2) is 48.9 Å². The van der Waals surface area contributed by atoms with Crippen molar-refractivity contribution in [3.63, 3.8) is 0 Å². The summed E-state index contributed by atoms with van der Waals surface area (Å²) < 4.78 is 0. The van der Waals surface area contributed by atoms with Crippen molar-refractivity contribution in [3.8, 4) is 0 Å². The molecule has 6 nitrogen and oxygen atoms in total. The third kappa shape index (κ3) is 3.99. The number of rotatable bonds is 6. The van der Waals surface area contributed by atoms with Crippen LogP contribution >= 0.6 is 0 Å².